The number of carbonyl (C=O) groups is 2. The molecule has 2 aromatic rings. The number of carboxylic acid groups (broad SMARTS) is 1. The van der Waals surface area contributed by atoms with Gasteiger partial charge in [0.05, 0.1) is 11.9 Å². The maximum Gasteiger partial charge on any atom is 0.307 e. The maximum atomic E-state index is 12.7. The Hall–Kier alpha value is -2.50. The summed E-state index contributed by atoms with van der Waals surface area (Å²) in [6, 6.07) is 3.55. The van der Waals surface area contributed by atoms with Gasteiger partial charge in [-0.25, -0.2) is 0 Å². The summed E-state index contributed by atoms with van der Waals surface area (Å²) in [5.41, 5.74) is 2.02. The third-order valence-corrected chi connectivity index (χ3v) is 4.40. The second-order valence-electron chi connectivity index (χ2n) is 6.04. The summed E-state index contributed by atoms with van der Waals surface area (Å²) in [6.45, 7) is 4.02. The first kappa shape index (κ1) is 16.4. The highest BCUT2D eigenvalue weighted by Gasteiger charge is 2.24. The lowest BCUT2D eigenvalue weighted by Crippen LogP contribution is -2.12. The Morgan fingerprint density at radius 2 is 1.92 bits per heavy atom. The zero-order valence-corrected chi connectivity index (χ0v) is 13.9. The van der Waals surface area contributed by atoms with Crippen LogP contribution in [0.4, 0.5) is 0 Å². The number of aromatic nitrogens is 1. The van der Waals surface area contributed by atoms with Crippen molar-refractivity contribution >= 4 is 22.8 Å². The van der Waals surface area contributed by atoms with Gasteiger partial charge in [-0.1, -0.05) is 19.8 Å². The molecule has 0 unspecified atom stereocenters. The topological polar surface area (TPSA) is 77.8 Å². The van der Waals surface area contributed by atoms with Crippen LogP contribution in [0.1, 0.15) is 48.7 Å². The van der Waals surface area contributed by atoms with Crippen LogP contribution in [0, 0.1) is 6.92 Å². The molecule has 0 bridgehead atoms. The van der Waals surface area contributed by atoms with Crippen LogP contribution < -0.4 is 9.47 Å². The molecule has 0 aliphatic carbocycles. The van der Waals surface area contributed by atoms with E-state index in [1.54, 1.807) is 23.6 Å². The van der Waals surface area contributed by atoms with E-state index in [9.17, 15) is 14.7 Å². The Morgan fingerprint density at radius 1 is 1.21 bits per heavy atom. The SMILES string of the molecule is CCCCCC(=O)n1c(C)c(CC(=O)O)c2cc3c(cc21)OCO3. The highest BCUT2D eigenvalue weighted by atomic mass is 16.7. The lowest BCUT2D eigenvalue weighted by atomic mass is 10.1. The number of nitrogens with zero attached hydrogens (tertiary/aromatic N) is 1. The average molecular weight is 331 g/mol. The number of fused-ring (bicyclic) bond motifs is 2. The molecule has 1 aliphatic heterocycles. The van der Waals surface area contributed by atoms with Gasteiger partial charge in [0.1, 0.15) is 0 Å². The van der Waals surface area contributed by atoms with Crippen molar-refractivity contribution in [3.63, 3.8) is 0 Å². The molecule has 0 radical (unpaired) electrons. The number of benzene rings is 1. The van der Waals surface area contributed by atoms with Gasteiger partial charge in [0.2, 0.25) is 12.7 Å². The van der Waals surface area contributed by atoms with Gasteiger partial charge in [0.15, 0.2) is 11.5 Å². The number of carbonyl (C=O) groups excluding carboxylic acids is 1. The fraction of sp³-hybridized carbons (Fsp3) is 0.444. The van der Waals surface area contributed by atoms with E-state index in [0.717, 1.165) is 24.6 Å². The average Bonchev–Trinajstić information content (AvgIpc) is 3.08. The molecule has 0 saturated carbocycles. The Bertz CT molecular complexity index is 806. The second-order valence-corrected chi connectivity index (χ2v) is 6.04. The summed E-state index contributed by atoms with van der Waals surface area (Å²) in [6.07, 6.45) is 3.18. The van der Waals surface area contributed by atoms with Crippen LogP contribution >= 0.6 is 0 Å². The van der Waals surface area contributed by atoms with Crippen LogP contribution in [-0.2, 0) is 11.2 Å². The Kier molecular flexibility index (Phi) is 4.46. The van der Waals surface area contributed by atoms with Crippen LogP contribution in [0.25, 0.3) is 10.9 Å². The monoisotopic (exact) mass is 331 g/mol. The summed E-state index contributed by atoms with van der Waals surface area (Å²) in [5.74, 6) is 0.240. The molecular formula is C18H21NO5. The molecule has 1 N–H and O–H groups in total. The summed E-state index contributed by atoms with van der Waals surface area (Å²) in [4.78, 5) is 23.9. The summed E-state index contributed by atoms with van der Waals surface area (Å²) >= 11 is 0. The first-order chi connectivity index (χ1) is 11.5. The van der Waals surface area contributed by atoms with Crippen LogP contribution in [-0.4, -0.2) is 28.3 Å². The Balaban J connectivity index is 2.11. The van der Waals surface area contributed by atoms with Crippen molar-refractivity contribution < 1.29 is 24.2 Å². The molecule has 3 rings (SSSR count). The van der Waals surface area contributed by atoms with Crippen LogP contribution in [0.5, 0.6) is 11.5 Å². The predicted molar refractivity (Wildman–Crippen MR) is 88.9 cm³/mol. The van der Waals surface area contributed by atoms with Crippen LogP contribution in [0.15, 0.2) is 12.1 Å². The van der Waals surface area contributed by atoms with Gasteiger partial charge in [0, 0.05) is 23.6 Å². The standard InChI is InChI=1S/C18H21NO5/c1-3-4-5-6-17(20)19-11(2)12(8-18(21)22)13-7-15-16(9-14(13)19)24-10-23-15/h7,9H,3-6,8,10H2,1-2H3,(H,21,22). The molecular weight excluding hydrogens is 310 g/mol. The first-order valence-corrected chi connectivity index (χ1v) is 8.21. The highest BCUT2D eigenvalue weighted by Crippen LogP contribution is 2.39. The van der Waals surface area contributed by atoms with Gasteiger partial charge < -0.3 is 14.6 Å². The minimum atomic E-state index is -0.923. The number of carboxylic acids is 1. The summed E-state index contributed by atoms with van der Waals surface area (Å²) in [7, 11) is 0. The van der Waals surface area contributed by atoms with E-state index in [4.69, 9.17) is 9.47 Å². The quantitative estimate of drug-likeness (QED) is 0.819. The first-order valence-electron chi connectivity index (χ1n) is 8.21. The molecule has 6 nitrogen and oxygen atoms in total. The van der Waals surface area contributed by atoms with Crippen molar-refractivity contribution in [1.82, 2.24) is 4.57 Å². The van der Waals surface area contributed by atoms with Gasteiger partial charge in [-0.05, 0) is 25.0 Å². The van der Waals surface area contributed by atoms with E-state index in [2.05, 4.69) is 6.92 Å². The van der Waals surface area contributed by atoms with Crippen molar-refractivity contribution in [2.45, 2.75) is 46.0 Å². The molecule has 0 amide bonds. The molecule has 128 valence electrons. The van der Waals surface area contributed by atoms with Crippen LogP contribution in [0.2, 0.25) is 0 Å². The smallest absolute Gasteiger partial charge is 0.307 e. The van der Waals surface area contributed by atoms with E-state index in [1.807, 2.05) is 0 Å². The highest BCUT2D eigenvalue weighted by molar-refractivity contribution is 5.99. The lowest BCUT2D eigenvalue weighted by molar-refractivity contribution is -0.136. The van der Waals surface area contributed by atoms with Crippen molar-refractivity contribution in [3.05, 3.63) is 23.4 Å². The van der Waals surface area contributed by atoms with Crippen molar-refractivity contribution in [2.75, 3.05) is 6.79 Å². The lowest BCUT2D eigenvalue weighted by Gasteiger charge is -2.07. The number of rotatable bonds is 6. The summed E-state index contributed by atoms with van der Waals surface area (Å²) in [5, 5.41) is 9.95. The van der Waals surface area contributed by atoms with E-state index < -0.39 is 5.97 Å². The molecule has 1 aliphatic rings. The van der Waals surface area contributed by atoms with E-state index in [-0.39, 0.29) is 19.1 Å². The zero-order valence-electron chi connectivity index (χ0n) is 13.9. The molecule has 0 spiro atoms. The fourth-order valence-electron chi connectivity index (χ4n) is 3.20. The van der Waals surface area contributed by atoms with Crippen molar-refractivity contribution in [2.24, 2.45) is 0 Å². The van der Waals surface area contributed by atoms with Gasteiger partial charge in [-0.3, -0.25) is 14.2 Å². The Morgan fingerprint density at radius 3 is 2.58 bits per heavy atom. The molecule has 2 heterocycles. The number of hydrogen-bond acceptors (Lipinski definition) is 4. The Labute approximate surface area is 140 Å². The zero-order chi connectivity index (χ0) is 17.3. The third kappa shape index (κ3) is 2.84. The van der Waals surface area contributed by atoms with Gasteiger partial charge in [-0.2, -0.15) is 0 Å². The molecule has 0 atom stereocenters. The minimum Gasteiger partial charge on any atom is -0.481 e. The third-order valence-electron chi connectivity index (χ3n) is 4.40. The number of unbranched alkanes of at least 4 members (excludes halogenated alkanes) is 2. The molecule has 6 heteroatoms. The molecule has 1 aromatic heterocycles. The van der Waals surface area contributed by atoms with E-state index in [1.165, 1.54) is 0 Å². The molecule has 0 saturated heterocycles. The maximum absolute atomic E-state index is 12.7. The van der Waals surface area contributed by atoms with Crippen LogP contribution in [0.3, 0.4) is 0 Å². The fourth-order valence-corrected chi connectivity index (χ4v) is 3.20. The summed E-state index contributed by atoms with van der Waals surface area (Å²) < 4.78 is 12.4. The van der Waals surface area contributed by atoms with E-state index >= 15 is 0 Å². The number of aliphatic carboxylic acids is 1. The van der Waals surface area contributed by atoms with E-state index in [0.29, 0.717) is 34.7 Å². The predicted octanol–water partition coefficient (Wildman–Crippen LogP) is 3.53. The normalized spacial score (nSPS) is 12.8. The minimum absolute atomic E-state index is 0.0125. The largest absolute Gasteiger partial charge is 0.481 e. The van der Waals surface area contributed by atoms with Crippen molar-refractivity contribution in [3.8, 4) is 11.5 Å². The van der Waals surface area contributed by atoms with Gasteiger partial charge in [-0.15, -0.1) is 0 Å². The van der Waals surface area contributed by atoms with Gasteiger partial charge in [0.25, 0.3) is 0 Å². The number of ether oxygens (including phenoxy) is 2. The van der Waals surface area contributed by atoms with Gasteiger partial charge >= 0.3 is 5.97 Å². The molecule has 0 fully saturated rings. The van der Waals surface area contributed by atoms with Crippen molar-refractivity contribution in [1.29, 1.82) is 0 Å². The number of hydrogen-bond donors (Lipinski definition) is 1. The second kappa shape index (κ2) is 6.55. The molecule has 24 heavy (non-hydrogen) atoms. The molecule has 1 aromatic carbocycles.